The Morgan fingerprint density at radius 2 is 1.81 bits per heavy atom. The Bertz CT molecular complexity index is 1060. The molecule has 1 aliphatic heterocycles. The van der Waals surface area contributed by atoms with Crippen molar-refractivity contribution in [2.75, 3.05) is 13.1 Å². The van der Waals surface area contributed by atoms with E-state index in [-0.39, 0.29) is 11.7 Å². The van der Waals surface area contributed by atoms with Gasteiger partial charge in [-0.1, -0.05) is 0 Å². The molecule has 3 heterocycles. The number of phenols is 1. The van der Waals surface area contributed by atoms with Gasteiger partial charge >= 0.3 is 6.09 Å². The molecule has 1 fully saturated rings. The number of nitrogens with one attached hydrogen (secondary N) is 1. The second-order valence-corrected chi connectivity index (χ2v) is 8.27. The minimum atomic E-state index is -0.725. The number of primary amides is 1. The number of nitrogens with two attached hydrogens (primary N) is 1. The summed E-state index contributed by atoms with van der Waals surface area (Å²) in [6, 6.07) is 8.59. The Labute approximate surface area is 180 Å². The van der Waals surface area contributed by atoms with Gasteiger partial charge in [-0.25, -0.2) is 9.78 Å². The molecule has 1 saturated heterocycles. The van der Waals surface area contributed by atoms with Gasteiger partial charge in [0.05, 0.1) is 22.8 Å². The number of carbonyl (C=O) groups is 2. The van der Waals surface area contributed by atoms with E-state index in [0.717, 1.165) is 36.9 Å². The number of phenolic OH excluding ortho intramolecular Hbond substituents is 1. The number of fused-ring (bicyclic) bond motifs is 1. The summed E-state index contributed by atoms with van der Waals surface area (Å²) in [4.78, 5) is 29.2. The summed E-state index contributed by atoms with van der Waals surface area (Å²) in [7, 11) is 0. The molecular weight excluding hydrogens is 398 g/mol. The van der Waals surface area contributed by atoms with E-state index in [1.165, 1.54) is 0 Å². The molecule has 164 valence electrons. The molecule has 2 amide bonds. The lowest BCUT2D eigenvalue weighted by atomic mass is 10.1. The van der Waals surface area contributed by atoms with Gasteiger partial charge in [-0.15, -0.1) is 0 Å². The molecule has 0 bridgehead atoms. The Morgan fingerprint density at radius 3 is 2.35 bits per heavy atom. The fourth-order valence-corrected chi connectivity index (χ4v) is 3.28. The second kappa shape index (κ2) is 9.03. The molecular formula is C22H27N5O4. The van der Waals surface area contributed by atoms with Gasteiger partial charge in [-0.05, 0) is 63.9 Å². The normalized spacial score (nSPS) is 13.6. The zero-order chi connectivity index (χ0) is 22.6. The van der Waals surface area contributed by atoms with Gasteiger partial charge in [0.25, 0.3) is 5.91 Å². The average Bonchev–Trinajstić information content (AvgIpc) is 3.37. The first-order valence-corrected chi connectivity index (χ1v) is 10.1. The number of rotatable bonds is 2. The van der Waals surface area contributed by atoms with Crippen LogP contribution >= 0.6 is 0 Å². The maximum absolute atomic E-state index is 12.8. The minimum Gasteiger partial charge on any atom is -0.508 e. The number of ether oxygens (including phenoxy) is 1. The first kappa shape index (κ1) is 22.1. The number of benzene rings is 1. The Kier molecular flexibility index (Phi) is 6.43. The molecule has 1 aromatic carbocycles. The predicted molar refractivity (Wildman–Crippen MR) is 117 cm³/mol. The van der Waals surface area contributed by atoms with Crippen molar-refractivity contribution in [1.82, 2.24) is 20.1 Å². The van der Waals surface area contributed by atoms with Gasteiger partial charge in [0.2, 0.25) is 0 Å². The third kappa shape index (κ3) is 5.71. The number of likely N-dealkylation sites (tertiary alicyclic amines) is 1. The monoisotopic (exact) mass is 425 g/mol. The standard InChI is InChI=1S/C17H16N4O2.C5H11NO2/c22-12-5-3-11(4-6-12)15-9-13(14-10-18-20-16(14)19-15)17(23)21-7-1-2-8-21;1-5(2,3)8-4(6)7/h3-6,9-10,22H,1-2,7-8H2,(H,18,19,20);1-3H3,(H2,6,7). The molecule has 1 aliphatic rings. The second-order valence-electron chi connectivity index (χ2n) is 8.27. The van der Waals surface area contributed by atoms with Gasteiger partial charge in [0.1, 0.15) is 11.4 Å². The lowest BCUT2D eigenvalue weighted by molar-refractivity contribution is 0.0599. The molecule has 9 nitrogen and oxygen atoms in total. The van der Waals surface area contributed by atoms with E-state index in [1.54, 1.807) is 51.2 Å². The highest BCUT2D eigenvalue weighted by molar-refractivity contribution is 6.06. The SMILES string of the molecule is CC(C)(C)OC(N)=O.O=C(c1cc(-c2ccc(O)cc2)nc2[nH]ncc12)N1CCCC1. The van der Waals surface area contributed by atoms with Crippen molar-refractivity contribution in [2.45, 2.75) is 39.2 Å². The summed E-state index contributed by atoms with van der Waals surface area (Å²) in [5.41, 5.74) is 7.01. The van der Waals surface area contributed by atoms with Crippen LogP contribution in [0.5, 0.6) is 5.75 Å². The Balaban J connectivity index is 0.000000293. The summed E-state index contributed by atoms with van der Waals surface area (Å²) >= 11 is 0. The first-order valence-electron chi connectivity index (χ1n) is 10.1. The zero-order valence-corrected chi connectivity index (χ0v) is 17.9. The summed E-state index contributed by atoms with van der Waals surface area (Å²) in [6.07, 6.45) is 3.02. The summed E-state index contributed by atoms with van der Waals surface area (Å²) in [6.45, 7) is 6.89. The summed E-state index contributed by atoms with van der Waals surface area (Å²) in [5.74, 6) is 0.223. The van der Waals surface area contributed by atoms with E-state index in [4.69, 9.17) is 5.73 Å². The number of H-pyrrole nitrogens is 1. The summed E-state index contributed by atoms with van der Waals surface area (Å²) in [5, 5.41) is 17.0. The van der Waals surface area contributed by atoms with Gasteiger partial charge in [0, 0.05) is 18.7 Å². The molecule has 0 unspecified atom stereocenters. The largest absolute Gasteiger partial charge is 0.508 e. The maximum Gasteiger partial charge on any atom is 0.405 e. The van der Waals surface area contributed by atoms with Crippen molar-refractivity contribution in [3.8, 4) is 17.0 Å². The van der Waals surface area contributed by atoms with Gasteiger partial charge in [0.15, 0.2) is 5.65 Å². The minimum absolute atomic E-state index is 0.0244. The van der Waals surface area contributed by atoms with E-state index in [2.05, 4.69) is 19.9 Å². The molecule has 0 spiro atoms. The van der Waals surface area contributed by atoms with Crippen molar-refractivity contribution in [3.63, 3.8) is 0 Å². The first-order chi connectivity index (χ1) is 14.6. The molecule has 3 aromatic rings. The molecule has 0 atom stereocenters. The van der Waals surface area contributed by atoms with E-state index in [1.807, 2.05) is 11.0 Å². The summed E-state index contributed by atoms with van der Waals surface area (Å²) < 4.78 is 4.58. The molecule has 0 saturated carbocycles. The number of nitrogens with zero attached hydrogens (tertiary/aromatic N) is 3. The topological polar surface area (TPSA) is 134 Å². The molecule has 9 heteroatoms. The Morgan fingerprint density at radius 1 is 1.16 bits per heavy atom. The molecule has 0 aliphatic carbocycles. The number of aromatic amines is 1. The van der Waals surface area contributed by atoms with Gasteiger partial charge in [-0.2, -0.15) is 5.10 Å². The number of aromatic nitrogens is 3. The molecule has 4 rings (SSSR count). The van der Waals surface area contributed by atoms with Crippen molar-refractivity contribution in [2.24, 2.45) is 5.73 Å². The van der Waals surface area contributed by atoms with Crippen LogP contribution in [0.1, 0.15) is 44.0 Å². The van der Waals surface area contributed by atoms with Crippen LogP contribution in [0.2, 0.25) is 0 Å². The van der Waals surface area contributed by atoms with Crippen LogP contribution in [0.15, 0.2) is 36.5 Å². The number of hydrogen-bond acceptors (Lipinski definition) is 6. The van der Waals surface area contributed by atoms with Gasteiger partial charge < -0.3 is 20.5 Å². The van der Waals surface area contributed by atoms with Crippen molar-refractivity contribution < 1.29 is 19.4 Å². The van der Waals surface area contributed by atoms with Crippen molar-refractivity contribution >= 4 is 23.0 Å². The third-order valence-electron chi connectivity index (χ3n) is 4.62. The number of aromatic hydroxyl groups is 1. The number of hydrogen-bond donors (Lipinski definition) is 3. The molecule has 2 aromatic heterocycles. The predicted octanol–water partition coefficient (Wildman–Crippen LogP) is 3.45. The van der Waals surface area contributed by atoms with Crippen LogP contribution in [-0.2, 0) is 4.74 Å². The number of carbonyl (C=O) groups excluding carboxylic acids is 2. The quantitative estimate of drug-likeness (QED) is 0.576. The van der Waals surface area contributed by atoms with Crippen molar-refractivity contribution in [3.05, 3.63) is 42.1 Å². The molecule has 31 heavy (non-hydrogen) atoms. The van der Waals surface area contributed by atoms with E-state index in [0.29, 0.717) is 16.9 Å². The van der Waals surface area contributed by atoms with Crippen molar-refractivity contribution in [1.29, 1.82) is 0 Å². The Hall–Kier alpha value is -3.62. The highest BCUT2D eigenvalue weighted by atomic mass is 16.6. The van der Waals surface area contributed by atoms with Crippen LogP contribution in [0.3, 0.4) is 0 Å². The smallest absolute Gasteiger partial charge is 0.405 e. The third-order valence-corrected chi connectivity index (χ3v) is 4.62. The van der Waals surface area contributed by atoms with Crippen LogP contribution in [0.4, 0.5) is 4.79 Å². The van der Waals surface area contributed by atoms with Crippen LogP contribution in [-0.4, -0.2) is 55.9 Å². The van der Waals surface area contributed by atoms with E-state index in [9.17, 15) is 14.7 Å². The number of pyridine rings is 1. The highest BCUT2D eigenvalue weighted by Crippen LogP contribution is 2.26. The molecule has 0 radical (unpaired) electrons. The molecule has 4 N–H and O–H groups in total. The van der Waals surface area contributed by atoms with Crippen LogP contribution < -0.4 is 5.73 Å². The van der Waals surface area contributed by atoms with Crippen LogP contribution in [0.25, 0.3) is 22.3 Å². The van der Waals surface area contributed by atoms with E-state index < -0.39 is 11.7 Å². The van der Waals surface area contributed by atoms with Crippen LogP contribution in [0, 0.1) is 0 Å². The lowest BCUT2D eigenvalue weighted by Crippen LogP contribution is -2.27. The average molecular weight is 425 g/mol. The number of amides is 2. The maximum atomic E-state index is 12.8. The van der Waals surface area contributed by atoms with E-state index >= 15 is 0 Å². The zero-order valence-electron chi connectivity index (χ0n) is 17.9. The highest BCUT2D eigenvalue weighted by Gasteiger charge is 2.23. The fraction of sp³-hybridized carbons (Fsp3) is 0.364. The van der Waals surface area contributed by atoms with Gasteiger partial charge in [-0.3, -0.25) is 9.89 Å². The lowest BCUT2D eigenvalue weighted by Gasteiger charge is -2.16. The fourth-order valence-electron chi connectivity index (χ4n) is 3.28.